The van der Waals surface area contributed by atoms with Crippen molar-refractivity contribution in [1.82, 2.24) is 5.32 Å². The molecule has 0 saturated heterocycles. The molecule has 2 saturated carbocycles. The molecule has 0 bridgehead atoms. The van der Waals surface area contributed by atoms with Gasteiger partial charge in [-0.05, 0) is 67.0 Å². The minimum atomic E-state index is 0.506. The van der Waals surface area contributed by atoms with E-state index in [0.717, 1.165) is 24.3 Å². The van der Waals surface area contributed by atoms with Crippen LogP contribution in [0, 0.1) is 23.2 Å². The zero-order valence-corrected chi connectivity index (χ0v) is 11.6. The molecule has 1 aromatic heterocycles. The summed E-state index contributed by atoms with van der Waals surface area (Å²) in [5.74, 6) is 2.82. The van der Waals surface area contributed by atoms with Crippen molar-refractivity contribution in [2.24, 2.45) is 23.2 Å². The fourth-order valence-electron chi connectivity index (χ4n) is 3.81. The van der Waals surface area contributed by atoms with Crippen molar-refractivity contribution in [3.05, 3.63) is 24.2 Å². The maximum absolute atomic E-state index is 5.23. The number of hydrogen-bond donors (Lipinski definition) is 1. The van der Waals surface area contributed by atoms with Gasteiger partial charge in [0.05, 0.1) is 12.5 Å². The minimum absolute atomic E-state index is 0.506. The summed E-state index contributed by atoms with van der Waals surface area (Å²) in [6.45, 7) is 6.88. The monoisotopic (exact) mass is 247 g/mol. The molecule has 0 amide bonds. The summed E-state index contributed by atoms with van der Waals surface area (Å²) >= 11 is 0. The molecule has 1 N–H and O–H groups in total. The third kappa shape index (κ3) is 2.64. The second kappa shape index (κ2) is 4.73. The van der Waals surface area contributed by atoms with Crippen LogP contribution in [0.15, 0.2) is 23.0 Å². The van der Waals surface area contributed by atoms with Crippen molar-refractivity contribution < 1.29 is 4.42 Å². The van der Waals surface area contributed by atoms with Gasteiger partial charge in [-0.3, -0.25) is 0 Å². The molecule has 2 nitrogen and oxygen atoms in total. The molecule has 0 aromatic carbocycles. The van der Waals surface area contributed by atoms with Crippen molar-refractivity contribution in [1.29, 1.82) is 0 Å². The molecule has 1 aromatic rings. The average molecular weight is 247 g/mol. The minimum Gasteiger partial charge on any atom is -0.472 e. The molecule has 2 unspecified atom stereocenters. The average Bonchev–Trinajstić information content (AvgIpc) is 2.76. The van der Waals surface area contributed by atoms with Gasteiger partial charge in [0.25, 0.3) is 0 Å². The molecule has 2 atom stereocenters. The SMILES string of the molecule is CC(C)CNCC1(Cc2ccoc2)CC2CC2C1. The Balaban J connectivity index is 1.61. The number of rotatable bonds is 6. The first-order chi connectivity index (χ1) is 8.67. The van der Waals surface area contributed by atoms with Crippen LogP contribution in [0.1, 0.15) is 38.7 Å². The van der Waals surface area contributed by atoms with Gasteiger partial charge < -0.3 is 9.73 Å². The molecule has 0 aliphatic heterocycles. The Morgan fingerprint density at radius 2 is 2.17 bits per heavy atom. The molecule has 1 heterocycles. The largest absolute Gasteiger partial charge is 0.472 e. The second-order valence-electron chi connectivity index (χ2n) is 7.00. The standard InChI is InChI=1S/C16H25NO/c1-12(2)9-17-11-16(6-13-3-4-18-10-13)7-14-5-15(14)8-16/h3-4,10,12,14-15,17H,5-9,11H2,1-2H3. The second-order valence-corrected chi connectivity index (χ2v) is 7.00. The lowest BCUT2D eigenvalue weighted by Gasteiger charge is -2.31. The van der Waals surface area contributed by atoms with E-state index in [1.807, 2.05) is 6.26 Å². The van der Waals surface area contributed by atoms with Crippen LogP contribution in [0.3, 0.4) is 0 Å². The molecule has 2 heteroatoms. The topological polar surface area (TPSA) is 25.2 Å². The summed E-state index contributed by atoms with van der Waals surface area (Å²) in [5.41, 5.74) is 1.88. The van der Waals surface area contributed by atoms with E-state index in [0.29, 0.717) is 5.41 Å². The lowest BCUT2D eigenvalue weighted by Crippen LogP contribution is -2.36. The van der Waals surface area contributed by atoms with Gasteiger partial charge in [-0.2, -0.15) is 0 Å². The molecule has 0 spiro atoms. The van der Waals surface area contributed by atoms with E-state index in [2.05, 4.69) is 25.2 Å². The Kier molecular flexibility index (Phi) is 3.23. The zero-order valence-electron chi connectivity index (χ0n) is 11.6. The van der Waals surface area contributed by atoms with Crippen LogP contribution < -0.4 is 5.32 Å². The maximum atomic E-state index is 5.23. The van der Waals surface area contributed by atoms with Gasteiger partial charge in [-0.15, -0.1) is 0 Å². The predicted octanol–water partition coefficient (Wildman–Crippen LogP) is 3.48. The van der Waals surface area contributed by atoms with E-state index in [-0.39, 0.29) is 0 Å². The van der Waals surface area contributed by atoms with E-state index in [1.54, 1.807) is 6.26 Å². The summed E-state index contributed by atoms with van der Waals surface area (Å²) in [6.07, 6.45) is 9.27. The molecule has 0 radical (unpaired) electrons. The fourth-order valence-corrected chi connectivity index (χ4v) is 3.81. The molecule has 2 aliphatic carbocycles. The number of furan rings is 1. The van der Waals surface area contributed by atoms with E-state index in [1.165, 1.54) is 37.8 Å². The third-order valence-corrected chi connectivity index (χ3v) is 4.67. The van der Waals surface area contributed by atoms with E-state index in [9.17, 15) is 0 Å². The normalized spacial score (nSPS) is 33.9. The number of nitrogens with one attached hydrogen (secondary N) is 1. The molecular formula is C16H25NO. The van der Waals surface area contributed by atoms with Crippen LogP contribution in [-0.2, 0) is 6.42 Å². The molecular weight excluding hydrogens is 222 g/mol. The van der Waals surface area contributed by atoms with Crippen molar-refractivity contribution >= 4 is 0 Å². The molecule has 3 rings (SSSR count). The highest BCUT2D eigenvalue weighted by atomic mass is 16.3. The molecule has 2 fully saturated rings. The molecule has 18 heavy (non-hydrogen) atoms. The highest BCUT2D eigenvalue weighted by Gasteiger charge is 2.53. The Hall–Kier alpha value is -0.760. The van der Waals surface area contributed by atoms with Crippen LogP contribution in [0.2, 0.25) is 0 Å². The first kappa shape index (κ1) is 12.3. The van der Waals surface area contributed by atoms with Crippen LogP contribution >= 0.6 is 0 Å². The lowest BCUT2D eigenvalue weighted by atomic mass is 9.78. The van der Waals surface area contributed by atoms with Gasteiger partial charge in [0.1, 0.15) is 0 Å². The smallest absolute Gasteiger partial charge is 0.0934 e. The lowest BCUT2D eigenvalue weighted by molar-refractivity contribution is 0.244. The van der Waals surface area contributed by atoms with Crippen molar-refractivity contribution in [2.45, 2.75) is 39.5 Å². The highest BCUT2D eigenvalue weighted by Crippen LogP contribution is 2.60. The zero-order chi connectivity index (χ0) is 12.6. The van der Waals surface area contributed by atoms with Gasteiger partial charge in [0, 0.05) is 6.54 Å². The first-order valence-corrected chi connectivity index (χ1v) is 7.39. The maximum Gasteiger partial charge on any atom is 0.0934 e. The Morgan fingerprint density at radius 1 is 1.39 bits per heavy atom. The van der Waals surface area contributed by atoms with Crippen LogP contribution in [-0.4, -0.2) is 13.1 Å². The summed E-state index contributed by atoms with van der Waals surface area (Å²) in [4.78, 5) is 0. The Morgan fingerprint density at radius 3 is 2.78 bits per heavy atom. The van der Waals surface area contributed by atoms with Gasteiger partial charge in [-0.25, -0.2) is 0 Å². The summed E-state index contributed by atoms with van der Waals surface area (Å²) in [5, 5.41) is 3.69. The Labute approximate surface area is 110 Å². The van der Waals surface area contributed by atoms with Crippen molar-refractivity contribution in [3.8, 4) is 0 Å². The Bertz CT molecular complexity index is 372. The van der Waals surface area contributed by atoms with E-state index in [4.69, 9.17) is 4.42 Å². The first-order valence-electron chi connectivity index (χ1n) is 7.39. The summed E-state index contributed by atoms with van der Waals surface area (Å²) < 4.78 is 5.23. The number of hydrogen-bond acceptors (Lipinski definition) is 2. The highest BCUT2D eigenvalue weighted by molar-refractivity contribution is 5.14. The fraction of sp³-hybridized carbons (Fsp3) is 0.750. The van der Waals surface area contributed by atoms with Crippen LogP contribution in [0.25, 0.3) is 0 Å². The van der Waals surface area contributed by atoms with Crippen LogP contribution in [0.5, 0.6) is 0 Å². The van der Waals surface area contributed by atoms with E-state index >= 15 is 0 Å². The van der Waals surface area contributed by atoms with Crippen molar-refractivity contribution in [3.63, 3.8) is 0 Å². The summed E-state index contributed by atoms with van der Waals surface area (Å²) in [6, 6.07) is 2.13. The quantitative estimate of drug-likeness (QED) is 0.832. The molecule has 100 valence electrons. The summed E-state index contributed by atoms with van der Waals surface area (Å²) in [7, 11) is 0. The third-order valence-electron chi connectivity index (χ3n) is 4.67. The number of fused-ring (bicyclic) bond motifs is 1. The van der Waals surface area contributed by atoms with Crippen LogP contribution in [0.4, 0.5) is 0 Å². The van der Waals surface area contributed by atoms with E-state index < -0.39 is 0 Å². The van der Waals surface area contributed by atoms with Crippen molar-refractivity contribution in [2.75, 3.05) is 13.1 Å². The molecule has 2 aliphatic rings. The van der Waals surface area contributed by atoms with Gasteiger partial charge in [0.2, 0.25) is 0 Å². The van der Waals surface area contributed by atoms with Gasteiger partial charge in [0.15, 0.2) is 0 Å². The van der Waals surface area contributed by atoms with Gasteiger partial charge in [-0.1, -0.05) is 13.8 Å². The van der Waals surface area contributed by atoms with Gasteiger partial charge >= 0.3 is 0 Å². The predicted molar refractivity (Wildman–Crippen MR) is 73.4 cm³/mol.